The van der Waals surface area contributed by atoms with Crippen LogP contribution in [-0.4, -0.2) is 14.8 Å². The second kappa shape index (κ2) is 6.49. The first-order chi connectivity index (χ1) is 9.20. The van der Waals surface area contributed by atoms with Gasteiger partial charge < -0.3 is 5.73 Å². The first kappa shape index (κ1) is 13.8. The molecule has 19 heavy (non-hydrogen) atoms. The Bertz CT molecular complexity index is 590. The van der Waals surface area contributed by atoms with Crippen LogP contribution in [0.4, 0.5) is 0 Å². The number of aromatic nitrogens is 3. The van der Waals surface area contributed by atoms with Crippen LogP contribution in [0.25, 0.3) is 5.69 Å². The quantitative estimate of drug-likeness (QED) is 0.855. The normalized spacial score (nSPS) is 11.5. The number of benzene rings is 1. The number of thioether (sulfide) groups is 2. The Morgan fingerprint density at radius 3 is 2.79 bits per heavy atom. The molecule has 0 fully saturated rings. The molecule has 98 valence electrons. The zero-order valence-corrected chi connectivity index (χ0v) is 12.1. The maximum Gasteiger partial charge on any atom is 0.200 e. The van der Waals surface area contributed by atoms with Gasteiger partial charge in [0, 0.05) is 9.92 Å². The van der Waals surface area contributed by atoms with Crippen LogP contribution in [-0.2, 0) is 0 Å². The fraction of sp³-hybridized carbons (Fsp3) is 0.0769. The molecule has 0 aliphatic carbocycles. The summed E-state index contributed by atoms with van der Waals surface area (Å²) in [4.78, 5) is 0. The summed E-state index contributed by atoms with van der Waals surface area (Å²) in [6.45, 7) is 5.87. The Balaban J connectivity index is 2.15. The number of rotatable bonds is 5. The number of allylic oxidation sites excluding steroid dienone is 1. The van der Waals surface area contributed by atoms with E-state index in [1.807, 2.05) is 47.9 Å². The molecule has 2 N–H and O–H groups in total. The highest BCUT2D eigenvalue weighted by molar-refractivity contribution is 8.23. The summed E-state index contributed by atoms with van der Waals surface area (Å²) in [7, 11) is 0. The lowest BCUT2D eigenvalue weighted by Gasteiger charge is -2.07. The summed E-state index contributed by atoms with van der Waals surface area (Å²) >= 11 is 2.88. The lowest BCUT2D eigenvalue weighted by molar-refractivity contribution is 0.887. The van der Waals surface area contributed by atoms with Crippen LogP contribution in [0.15, 0.2) is 63.7 Å². The summed E-state index contributed by atoms with van der Waals surface area (Å²) in [5.74, 6) is 0. The Kier molecular flexibility index (Phi) is 4.70. The zero-order chi connectivity index (χ0) is 13.7. The van der Waals surface area contributed by atoms with Crippen LogP contribution < -0.4 is 5.73 Å². The van der Waals surface area contributed by atoms with Crippen molar-refractivity contribution in [2.24, 2.45) is 5.73 Å². The molecule has 0 saturated heterocycles. The van der Waals surface area contributed by atoms with Gasteiger partial charge >= 0.3 is 0 Å². The molecule has 6 heteroatoms. The van der Waals surface area contributed by atoms with E-state index >= 15 is 0 Å². The van der Waals surface area contributed by atoms with Gasteiger partial charge in [0.15, 0.2) is 0 Å². The van der Waals surface area contributed by atoms with Crippen LogP contribution in [0, 0.1) is 0 Å². The van der Waals surface area contributed by atoms with E-state index in [1.54, 1.807) is 6.33 Å². The minimum atomic E-state index is 0.725. The monoisotopic (exact) mass is 290 g/mol. The third kappa shape index (κ3) is 3.65. The number of hydrogen-bond acceptors (Lipinski definition) is 5. The molecule has 0 aliphatic rings. The van der Waals surface area contributed by atoms with Gasteiger partial charge in [-0.05, 0) is 30.8 Å². The highest BCUT2D eigenvalue weighted by atomic mass is 32.2. The molecule has 0 aliphatic heterocycles. The van der Waals surface area contributed by atoms with Gasteiger partial charge in [0.2, 0.25) is 5.16 Å². The van der Waals surface area contributed by atoms with Gasteiger partial charge in [-0.2, -0.15) is 0 Å². The molecule has 1 aromatic heterocycles. The fourth-order valence-corrected chi connectivity index (χ4v) is 2.97. The van der Waals surface area contributed by atoms with Gasteiger partial charge in [0.25, 0.3) is 0 Å². The summed E-state index contributed by atoms with van der Waals surface area (Å²) in [6.07, 6.45) is 3.53. The summed E-state index contributed by atoms with van der Waals surface area (Å²) in [5.41, 5.74) is 6.78. The second-order valence-corrected chi connectivity index (χ2v) is 6.08. The van der Waals surface area contributed by atoms with Crippen LogP contribution in [0.3, 0.4) is 0 Å². The van der Waals surface area contributed by atoms with Gasteiger partial charge in [-0.3, -0.25) is 4.57 Å². The van der Waals surface area contributed by atoms with Gasteiger partial charge in [-0.1, -0.05) is 42.6 Å². The van der Waals surface area contributed by atoms with Gasteiger partial charge in [0.1, 0.15) is 6.33 Å². The van der Waals surface area contributed by atoms with E-state index in [0.717, 1.165) is 20.1 Å². The summed E-state index contributed by atoms with van der Waals surface area (Å²) in [5, 5.41) is 9.55. The van der Waals surface area contributed by atoms with Gasteiger partial charge in [-0.15, -0.1) is 10.2 Å². The predicted octanol–water partition coefficient (Wildman–Crippen LogP) is 3.38. The molecule has 1 aromatic carbocycles. The van der Waals surface area contributed by atoms with Crippen molar-refractivity contribution in [3.05, 3.63) is 58.6 Å². The van der Waals surface area contributed by atoms with Crippen molar-refractivity contribution in [1.82, 2.24) is 14.8 Å². The van der Waals surface area contributed by atoms with Crippen LogP contribution in [0.2, 0.25) is 0 Å². The topological polar surface area (TPSA) is 56.7 Å². The molecular formula is C13H14N4S2. The van der Waals surface area contributed by atoms with Crippen LogP contribution in [0.5, 0.6) is 0 Å². The molecule has 0 atom stereocenters. The highest BCUT2D eigenvalue weighted by Gasteiger charge is 2.09. The van der Waals surface area contributed by atoms with Crippen molar-refractivity contribution in [2.45, 2.75) is 12.1 Å². The molecular weight excluding hydrogens is 276 g/mol. The van der Waals surface area contributed by atoms with Crippen molar-refractivity contribution < 1.29 is 0 Å². The molecule has 0 amide bonds. The van der Waals surface area contributed by atoms with Crippen molar-refractivity contribution in [2.75, 3.05) is 0 Å². The average molecular weight is 290 g/mol. The van der Waals surface area contributed by atoms with E-state index in [2.05, 4.69) is 16.8 Å². The molecule has 0 spiro atoms. The smallest absolute Gasteiger partial charge is 0.200 e. The Labute approximate surface area is 120 Å². The molecule has 1 heterocycles. The van der Waals surface area contributed by atoms with E-state index in [4.69, 9.17) is 5.73 Å². The average Bonchev–Trinajstić information content (AvgIpc) is 2.87. The summed E-state index contributed by atoms with van der Waals surface area (Å²) < 4.78 is 2.78. The minimum Gasteiger partial charge on any atom is -0.394 e. The maximum atomic E-state index is 5.76. The second-order valence-electron chi connectivity index (χ2n) is 3.59. The molecule has 0 saturated carbocycles. The van der Waals surface area contributed by atoms with Crippen molar-refractivity contribution >= 4 is 23.5 Å². The minimum absolute atomic E-state index is 0.725. The molecule has 2 aromatic rings. The van der Waals surface area contributed by atoms with Crippen molar-refractivity contribution in [1.29, 1.82) is 0 Å². The van der Waals surface area contributed by atoms with E-state index in [0.29, 0.717) is 0 Å². The van der Waals surface area contributed by atoms with Crippen molar-refractivity contribution in [3.63, 3.8) is 0 Å². The molecule has 0 radical (unpaired) electrons. The Morgan fingerprint density at radius 2 is 2.11 bits per heavy atom. The number of nitrogens with zero attached hydrogens (tertiary/aromatic N) is 3. The standard InChI is InChI=1S/C13H14N4S2/c1-3-12(14)18-10(2)19-13-16-15-9-17(13)11-7-5-4-6-8-11/h3-9H,2,14H2,1H3/b12-3-. The van der Waals surface area contributed by atoms with Gasteiger partial charge in [0.05, 0.1) is 5.03 Å². The number of nitrogens with two attached hydrogens (primary N) is 1. The number of para-hydroxylation sites is 1. The molecule has 0 bridgehead atoms. The van der Waals surface area contributed by atoms with Gasteiger partial charge in [-0.25, -0.2) is 0 Å². The summed E-state index contributed by atoms with van der Waals surface area (Å²) in [6, 6.07) is 9.94. The van der Waals surface area contributed by atoms with Crippen molar-refractivity contribution in [3.8, 4) is 5.69 Å². The maximum absolute atomic E-state index is 5.76. The SMILES string of the molecule is C=C(S/C(N)=C\C)Sc1nncn1-c1ccccc1. The zero-order valence-electron chi connectivity index (χ0n) is 10.5. The molecule has 4 nitrogen and oxygen atoms in total. The van der Waals surface area contributed by atoms with E-state index in [-0.39, 0.29) is 0 Å². The highest BCUT2D eigenvalue weighted by Crippen LogP contribution is 2.35. The van der Waals surface area contributed by atoms with Crippen LogP contribution >= 0.6 is 23.5 Å². The Hall–Kier alpha value is -1.66. The van der Waals surface area contributed by atoms with E-state index < -0.39 is 0 Å². The lowest BCUT2D eigenvalue weighted by atomic mass is 10.3. The third-order valence-corrected chi connectivity index (χ3v) is 4.16. The predicted molar refractivity (Wildman–Crippen MR) is 81.9 cm³/mol. The Morgan fingerprint density at radius 1 is 1.37 bits per heavy atom. The molecule has 2 rings (SSSR count). The van der Waals surface area contributed by atoms with E-state index in [1.165, 1.54) is 23.5 Å². The van der Waals surface area contributed by atoms with E-state index in [9.17, 15) is 0 Å². The molecule has 0 unspecified atom stereocenters. The third-order valence-electron chi connectivity index (χ3n) is 2.27. The van der Waals surface area contributed by atoms with Crippen LogP contribution in [0.1, 0.15) is 6.92 Å². The number of hydrogen-bond donors (Lipinski definition) is 1. The fourth-order valence-electron chi connectivity index (χ4n) is 1.37. The first-order valence-electron chi connectivity index (χ1n) is 5.62. The largest absolute Gasteiger partial charge is 0.394 e. The first-order valence-corrected chi connectivity index (χ1v) is 7.26. The lowest BCUT2D eigenvalue weighted by Crippen LogP contribution is -1.95.